The van der Waals surface area contributed by atoms with Crippen LogP contribution in [0.4, 0.5) is 22.0 Å². The topological polar surface area (TPSA) is 40.9 Å². The number of hydrogen-bond donors (Lipinski definition) is 0. The van der Waals surface area contributed by atoms with Crippen molar-refractivity contribution in [1.29, 1.82) is 5.26 Å². The highest BCUT2D eigenvalue weighted by molar-refractivity contribution is 5.87. The molecule has 15 heavy (non-hydrogen) atoms. The SMILES string of the molecule is N#CC1(CC(F)(F)C(F)(F)F)CC(=O)C1. The molecule has 0 bridgehead atoms. The molecule has 1 aliphatic carbocycles. The lowest BCUT2D eigenvalue weighted by atomic mass is 9.65. The van der Waals surface area contributed by atoms with Crippen LogP contribution in [0.5, 0.6) is 0 Å². The summed E-state index contributed by atoms with van der Waals surface area (Å²) >= 11 is 0. The number of nitriles is 1. The van der Waals surface area contributed by atoms with E-state index in [1.807, 2.05) is 0 Å². The van der Waals surface area contributed by atoms with E-state index in [0.717, 1.165) is 0 Å². The molecule has 0 amide bonds. The van der Waals surface area contributed by atoms with Crippen LogP contribution in [-0.4, -0.2) is 17.9 Å². The van der Waals surface area contributed by atoms with Gasteiger partial charge in [0.05, 0.1) is 11.5 Å². The van der Waals surface area contributed by atoms with Crippen molar-refractivity contribution in [2.45, 2.75) is 31.4 Å². The van der Waals surface area contributed by atoms with Crippen LogP contribution in [-0.2, 0) is 4.79 Å². The number of hydrogen-bond acceptors (Lipinski definition) is 2. The van der Waals surface area contributed by atoms with Gasteiger partial charge in [0.15, 0.2) is 0 Å². The third kappa shape index (κ3) is 2.08. The van der Waals surface area contributed by atoms with Gasteiger partial charge < -0.3 is 0 Å². The number of nitrogens with zero attached hydrogens (tertiary/aromatic N) is 1. The van der Waals surface area contributed by atoms with Gasteiger partial charge in [-0.3, -0.25) is 4.79 Å². The van der Waals surface area contributed by atoms with Crippen LogP contribution in [0.1, 0.15) is 19.3 Å². The van der Waals surface area contributed by atoms with Gasteiger partial charge >= 0.3 is 12.1 Å². The van der Waals surface area contributed by atoms with Crippen molar-refractivity contribution in [1.82, 2.24) is 0 Å². The van der Waals surface area contributed by atoms with Crippen molar-refractivity contribution >= 4 is 5.78 Å². The van der Waals surface area contributed by atoms with Crippen LogP contribution in [0.15, 0.2) is 0 Å². The maximum absolute atomic E-state index is 12.6. The van der Waals surface area contributed by atoms with Crippen LogP contribution < -0.4 is 0 Å². The molecule has 0 spiro atoms. The van der Waals surface area contributed by atoms with Crippen LogP contribution >= 0.6 is 0 Å². The Labute approximate surface area is 81.7 Å². The van der Waals surface area contributed by atoms with Gasteiger partial charge in [-0.25, -0.2) is 0 Å². The Hall–Kier alpha value is -1.19. The second-order valence-corrected chi connectivity index (χ2v) is 3.66. The van der Waals surface area contributed by atoms with E-state index in [9.17, 15) is 26.7 Å². The lowest BCUT2D eigenvalue weighted by molar-refractivity contribution is -0.292. The highest BCUT2D eigenvalue weighted by Crippen LogP contribution is 2.50. The van der Waals surface area contributed by atoms with Gasteiger partial charge in [0.25, 0.3) is 0 Å². The smallest absolute Gasteiger partial charge is 0.300 e. The molecule has 0 unspecified atom stereocenters. The molecule has 0 aromatic heterocycles. The molecule has 1 fully saturated rings. The molecule has 1 aliphatic rings. The largest absolute Gasteiger partial charge is 0.453 e. The molecule has 0 aromatic carbocycles. The Kier molecular flexibility index (Phi) is 2.50. The van der Waals surface area contributed by atoms with Crippen molar-refractivity contribution in [3.8, 4) is 6.07 Å². The minimum absolute atomic E-state index is 0.463. The minimum Gasteiger partial charge on any atom is -0.300 e. The summed E-state index contributed by atoms with van der Waals surface area (Å²) in [6.45, 7) is 0. The summed E-state index contributed by atoms with van der Waals surface area (Å²) in [6, 6.07) is 1.37. The van der Waals surface area contributed by atoms with Gasteiger partial charge in [0.2, 0.25) is 0 Å². The maximum Gasteiger partial charge on any atom is 0.453 e. The number of alkyl halides is 5. The second kappa shape index (κ2) is 3.15. The van der Waals surface area contributed by atoms with Crippen molar-refractivity contribution in [2.75, 3.05) is 0 Å². The quantitative estimate of drug-likeness (QED) is 0.680. The first-order valence-corrected chi connectivity index (χ1v) is 3.99. The summed E-state index contributed by atoms with van der Waals surface area (Å²) in [7, 11) is 0. The van der Waals surface area contributed by atoms with Gasteiger partial charge in [0, 0.05) is 19.3 Å². The zero-order chi connectivity index (χ0) is 11.9. The fourth-order valence-corrected chi connectivity index (χ4v) is 1.47. The highest BCUT2D eigenvalue weighted by atomic mass is 19.4. The molecule has 0 aliphatic heterocycles. The normalized spacial score (nSPS) is 20.7. The van der Waals surface area contributed by atoms with E-state index < -0.39 is 42.6 Å². The molecule has 0 atom stereocenters. The van der Waals surface area contributed by atoms with E-state index in [-0.39, 0.29) is 0 Å². The van der Waals surface area contributed by atoms with Gasteiger partial charge in [0.1, 0.15) is 5.78 Å². The zero-order valence-corrected chi connectivity index (χ0v) is 7.37. The number of carbonyl (C=O) groups excluding carboxylic acids is 1. The van der Waals surface area contributed by atoms with Crippen molar-refractivity contribution in [3.05, 3.63) is 0 Å². The Morgan fingerprint density at radius 3 is 2.00 bits per heavy atom. The molecule has 0 aromatic rings. The molecular formula is C8H6F5NO. The van der Waals surface area contributed by atoms with E-state index in [1.54, 1.807) is 0 Å². The first-order valence-electron chi connectivity index (χ1n) is 3.99. The van der Waals surface area contributed by atoms with Crippen LogP contribution in [0.25, 0.3) is 0 Å². The monoisotopic (exact) mass is 227 g/mol. The van der Waals surface area contributed by atoms with Gasteiger partial charge in [-0.15, -0.1) is 0 Å². The lowest BCUT2D eigenvalue weighted by Crippen LogP contribution is -2.46. The van der Waals surface area contributed by atoms with E-state index in [1.165, 1.54) is 6.07 Å². The van der Waals surface area contributed by atoms with Crippen molar-refractivity contribution in [2.24, 2.45) is 5.41 Å². The molecule has 0 N–H and O–H groups in total. The van der Waals surface area contributed by atoms with Crippen LogP contribution in [0.2, 0.25) is 0 Å². The van der Waals surface area contributed by atoms with Gasteiger partial charge in [-0.1, -0.05) is 0 Å². The molecule has 0 radical (unpaired) electrons. The number of Topliss-reactive ketones (excluding diaryl/α,β-unsaturated/α-hetero) is 1. The van der Waals surface area contributed by atoms with Crippen molar-refractivity contribution < 1.29 is 26.7 Å². The standard InChI is InChI=1S/C8H6F5NO/c9-7(10,8(11,12)13)3-6(4-14)1-5(15)2-6/h1-3H2. The highest BCUT2D eigenvalue weighted by Gasteiger charge is 2.63. The van der Waals surface area contributed by atoms with E-state index >= 15 is 0 Å². The summed E-state index contributed by atoms with van der Waals surface area (Å²) in [5, 5.41) is 8.48. The Balaban J connectivity index is 2.78. The van der Waals surface area contributed by atoms with Gasteiger partial charge in [-0.2, -0.15) is 27.2 Å². The number of carbonyl (C=O) groups is 1. The summed E-state index contributed by atoms with van der Waals surface area (Å²) in [4.78, 5) is 10.5. The molecule has 1 rings (SSSR count). The Bertz CT molecular complexity index is 319. The Morgan fingerprint density at radius 1 is 1.27 bits per heavy atom. The van der Waals surface area contributed by atoms with E-state index in [0.29, 0.717) is 0 Å². The first-order chi connectivity index (χ1) is 6.62. The summed E-state index contributed by atoms with van der Waals surface area (Å²) in [6.07, 6.45) is -8.34. The molecule has 7 heteroatoms. The summed E-state index contributed by atoms with van der Waals surface area (Å²) in [5.74, 6) is -5.38. The average molecular weight is 227 g/mol. The van der Waals surface area contributed by atoms with Crippen LogP contribution in [0, 0.1) is 16.7 Å². The molecule has 0 heterocycles. The van der Waals surface area contributed by atoms with Gasteiger partial charge in [-0.05, 0) is 0 Å². The lowest BCUT2D eigenvalue weighted by Gasteiger charge is -2.36. The second-order valence-electron chi connectivity index (χ2n) is 3.66. The molecular weight excluding hydrogens is 221 g/mol. The Morgan fingerprint density at radius 2 is 1.73 bits per heavy atom. The summed E-state index contributed by atoms with van der Waals surface area (Å²) in [5.41, 5.74) is -1.84. The first kappa shape index (κ1) is 11.9. The third-order valence-electron chi connectivity index (χ3n) is 2.28. The minimum atomic E-state index is -5.67. The molecule has 84 valence electrons. The molecule has 2 nitrogen and oxygen atoms in total. The molecule has 0 saturated heterocycles. The zero-order valence-electron chi connectivity index (χ0n) is 7.37. The van der Waals surface area contributed by atoms with Crippen molar-refractivity contribution in [3.63, 3.8) is 0 Å². The predicted molar refractivity (Wildman–Crippen MR) is 37.9 cm³/mol. The average Bonchev–Trinajstić information content (AvgIpc) is 1.98. The number of ketones is 1. The summed E-state index contributed by atoms with van der Waals surface area (Å²) < 4.78 is 60.6. The fourth-order valence-electron chi connectivity index (χ4n) is 1.47. The maximum atomic E-state index is 12.6. The molecule has 1 saturated carbocycles. The predicted octanol–water partition coefficient (Wildman–Crippen LogP) is 2.45. The number of halogens is 5. The van der Waals surface area contributed by atoms with E-state index in [4.69, 9.17) is 5.26 Å². The van der Waals surface area contributed by atoms with E-state index in [2.05, 4.69) is 0 Å². The number of rotatable bonds is 2. The third-order valence-corrected chi connectivity index (χ3v) is 2.28. The van der Waals surface area contributed by atoms with Crippen LogP contribution in [0.3, 0.4) is 0 Å². The fraction of sp³-hybridized carbons (Fsp3) is 0.750.